The first-order valence-corrected chi connectivity index (χ1v) is 9.35. The number of benzene rings is 2. The molecule has 0 aromatic heterocycles. The predicted molar refractivity (Wildman–Crippen MR) is 105 cm³/mol. The molecule has 1 aliphatic carbocycles. The van der Waals surface area contributed by atoms with Crippen LogP contribution >= 0.6 is 0 Å². The number of hydrogen-bond donors (Lipinski definition) is 2. The highest BCUT2D eigenvalue weighted by Crippen LogP contribution is 2.19. The van der Waals surface area contributed by atoms with Gasteiger partial charge in [0.15, 0.2) is 0 Å². The van der Waals surface area contributed by atoms with Crippen LogP contribution in [-0.2, 0) is 0 Å². The first-order valence-electron chi connectivity index (χ1n) is 9.35. The van der Waals surface area contributed by atoms with E-state index in [9.17, 15) is 9.59 Å². The van der Waals surface area contributed by atoms with Gasteiger partial charge in [0.05, 0.1) is 0 Å². The summed E-state index contributed by atoms with van der Waals surface area (Å²) < 4.78 is 0. The van der Waals surface area contributed by atoms with E-state index < -0.39 is 0 Å². The van der Waals surface area contributed by atoms with Gasteiger partial charge in [0.2, 0.25) is 0 Å². The lowest BCUT2D eigenvalue weighted by Crippen LogP contribution is -2.32. The number of rotatable bonds is 5. The van der Waals surface area contributed by atoms with Crippen LogP contribution in [0.1, 0.15) is 71.7 Å². The smallest absolute Gasteiger partial charge is 0.255 e. The Hall–Kier alpha value is -2.62. The van der Waals surface area contributed by atoms with E-state index in [1.54, 1.807) is 24.3 Å². The van der Waals surface area contributed by atoms with Crippen molar-refractivity contribution >= 4 is 17.5 Å². The predicted octanol–water partition coefficient (Wildman–Crippen LogP) is 4.73. The number of anilines is 1. The third kappa shape index (κ3) is 4.51. The first-order chi connectivity index (χ1) is 12.5. The average molecular weight is 350 g/mol. The van der Waals surface area contributed by atoms with Crippen LogP contribution < -0.4 is 10.6 Å². The molecule has 1 aliphatic rings. The summed E-state index contributed by atoms with van der Waals surface area (Å²) in [7, 11) is 0. The molecule has 0 aliphatic heterocycles. The van der Waals surface area contributed by atoms with Crippen LogP contribution in [0.3, 0.4) is 0 Å². The van der Waals surface area contributed by atoms with Crippen LogP contribution in [0.15, 0.2) is 48.5 Å². The molecular formula is C22H26N2O2. The van der Waals surface area contributed by atoms with Crippen molar-refractivity contribution in [1.82, 2.24) is 5.32 Å². The van der Waals surface area contributed by atoms with Crippen molar-refractivity contribution < 1.29 is 9.59 Å². The number of carbonyl (C=O) groups excluding carboxylic acids is 2. The van der Waals surface area contributed by atoms with Crippen molar-refractivity contribution in [3.63, 3.8) is 0 Å². The van der Waals surface area contributed by atoms with E-state index in [0.717, 1.165) is 18.5 Å². The Kier molecular flexibility index (Phi) is 5.71. The zero-order valence-electron chi connectivity index (χ0n) is 15.4. The van der Waals surface area contributed by atoms with Crippen LogP contribution in [0, 0.1) is 0 Å². The van der Waals surface area contributed by atoms with Crippen molar-refractivity contribution in [3.8, 4) is 0 Å². The Balaban J connectivity index is 1.66. The zero-order valence-corrected chi connectivity index (χ0v) is 15.4. The maximum atomic E-state index is 12.5. The summed E-state index contributed by atoms with van der Waals surface area (Å²) in [5.74, 6) is 0.139. The molecule has 1 fully saturated rings. The van der Waals surface area contributed by atoms with Gasteiger partial charge in [-0.3, -0.25) is 9.59 Å². The maximum absolute atomic E-state index is 12.5. The van der Waals surface area contributed by atoms with Crippen molar-refractivity contribution in [2.24, 2.45) is 0 Å². The van der Waals surface area contributed by atoms with Gasteiger partial charge in [-0.25, -0.2) is 0 Å². The summed E-state index contributed by atoms with van der Waals surface area (Å²) in [6.07, 6.45) is 4.42. The molecule has 4 heteroatoms. The molecule has 0 atom stereocenters. The second-order valence-electron chi connectivity index (χ2n) is 7.27. The van der Waals surface area contributed by atoms with Gasteiger partial charge in [0, 0.05) is 22.9 Å². The van der Waals surface area contributed by atoms with E-state index in [2.05, 4.69) is 24.5 Å². The molecule has 0 unspecified atom stereocenters. The highest BCUT2D eigenvalue weighted by Gasteiger charge is 2.18. The summed E-state index contributed by atoms with van der Waals surface area (Å²) in [6, 6.07) is 15.0. The summed E-state index contributed by atoms with van der Waals surface area (Å²) >= 11 is 0. The largest absolute Gasteiger partial charge is 0.349 e. The van der Waals surface area contributed by atoms with Crippen molar-refractivity contribution in [3.05, 3.63) is 65.2 Å². The summed E-state index contributed by atoms with van der Waals surface area (Å²) in [5, 5.41) is 5.95. The number of amides is 2. The quantitative estimate of drug-likeness (QED) is 0.818. The third-order valence-corrected chi connectivity index (χ3v) is 4.91. The molecule has 2 N–H and O–H groups in total. The Labute approximate surface area is 155 Å². The van der Waals surface area contributed by atoms with Crippen molar-refractivity contribution in [1.29, 1.82) is 0 Å². The first kappa shape index (κ1) is 18.2. The zero-order chi connectivity index (χ0) is 18.5. The molecule has 0 heterocycles. The summed E-state index contributed by atoms with van der Waals surface area (Å²) in [4.78, 5) is 24.9. The second-order valence-corrected chi connectivity index (χ2v) is 7.27. The van der Waals surface area contributed by atoms with E-state index in [1.165, 1.54) is 18.4 Å². The lowest BCUT2D eigenvalue weighted by Gasteiger charge is -2.12. The fourth-order valence-corrected chi connectivity index (χ4v) is 3.30. The Morgan fingerprint density at radius 2 is 1.54 bits per heavy atom. The molecule has 2 amide bonds. The SMILES string of the molecule is CC(C)c1ccc(NC(=O)c2cccc(C(=O)NC3CCCC3)c2)cc1. The highest BCUT2D eigenvalue weighted by atomic mass is 16.2. The molecule has 3 rings (SSSR count). The number of hydrogen-bond acceptors (Lipinski definition) is 2. The Morgan fingerprint density at radius 1 is 0.923 bits per heavy atom. The lowest BCUT2D eigenvalue weighted by molar-refractivity contribution is 0.0938. The third-order valence-electron chi connectivity index (χ3n) is 4.91. The molecule has 136 valence electrons. The molecule has 0 bridgehead atoms. The van der Waals surface area contributed by atoms with E-state index >= 15 is 0 Å². The molecule has 2 aromatic rings. The topological polar surface area (TPSA) is 58.2 Å². The summed E-state index contributed by atoms with van der Waals surface area (Å²) in [6.45, 7) is 4.27. The van der Waals surface area contributed by atoms with E-state index in [0.29, 0.717) is 17.0 Å². The second kappa shape index (κ2) is 8.17. The maximum Gasteiger partial charge on any atom is 0.255 e. The van der Waals surface area contributed by atoms with Crippen LogP contribution in [0.2, 0.25) is 0 Å². The van der Waals surface area contributed by atoms with Gasteiger partial charge in [-0.05, 0) is 54.7 Å². The molecule has 0 saturated heterocycles. The molecule has 2 aromatic carbocycles. The molecule has 1 saturated carbocycles. The average Bonchev–Trinajstić information content (AvgIpc) is 3.15. The van der Waals surface area contributed by atoms with Crippen LogP contribution in [0.5, 0.6) is 0 Å². The molecule has 0 spiro atoms. The van der Waals surface area contributed by atoms with Gasteiger partial charge in [0.1, 0.15) is 0 Å². The van der Waals surface area contributed by atoms with Crippen LogP contribution in [0.25, 0.3) is 0 Å². The standard InChI is InChI=1S/C22H26N2O2/c1-15(2)16-10-12-20(13-11-16)24-22(26)18-7-5-6-17(14-18)21(25)23-19-8-3-4-9-19/h5-7,10-15,19H,3-4,8-9H2,1-2H3,(H,23,25)(H,24,26). The monoisotopic (exact) mass is 350 g/mol. The molecule has 0 radical (unpaired) electrons. The van der Waals surface area contributed by atoms with Gasteiger partial charge in [-0.2, -0.15) is 0 Å². The Bertz CT molecular complexity index is 775. The minimum Gasteiger partial charge on any atom is -0.349 e. The van der Waals surface area contributed by atoms with E-state index in [1.807, 2.05) is 24.3 Å². The van der Waals surface area contributed by atoms with Crippen molar-refractivity contribution in [2.75, 3.05) is 5.32 Å². The van der Waals surface area contributed by atoms with E-state index in [-0.39, 0.29) is 17.9 Å². The highest BCUT2D eigenvalue weighted by molar-refractivity contribution is 6.06. The number of nitrogens with one attached hydrogen (secondary N) is 2. The molecular weight excluding hydrogens is 324 g/mol. The van der Waals surface area contributed by atoms with Crippen LogP contribution in [-0.4, -0.2) is 17.9 Å². The van der Waals surface area contributed by atoms with E-state index in [4.69, 9.17) is 0 Å². The van der Waals surface area contributed by atoms with Crippen molar-refractivity contribution in [2.45, 2.75) is 51.5 Å². The fourth-order valence-electron chi connectivity index (χ4n) is 3.30. The molecule has 26 heavy (non-hydrogen) atoms. The molecule has 4 nitrogen and oxygen atoms in total. The lowest BCUT2D eigenvalue weighted by atomic mass is 10.0. The Morgan fingerprint density at radius 3 is 2.15 bits per heavy atom. The minimum absolute atomic E-state index is 0.104. The number of carbonyl (C=O) groups is 2. The minimum atomic E-state index is -0.210. The van der Waals surface area contributed by atoms with Crippen LogP contribution in [0.4, 0.5) is 5.69 Å². The summed E-state index contributed by atoms with van der Waals surface area (Å²) in [5.41, 5.74) is 2.99. The van der Waals surface area contributed by atoms with Gasteiger partial charge < -0.3 is 10.6 Å². The van der Waals surface area contributed by atoms with Gasteiger partial charge >= 0.3 is 0 Å². The van der Waals surface area contributed by atoms with Gasteiger partial charge in [-0.1, -0.05) is 44.9 Å². The van der Waals surface area contributed by atoms with Gasteiger partial charge in [-0.15, -0.1) is 0 Å². The fraction of sp³-hybridized carbons (Fsp3) is 0.364. The normalized spacial score (nSPS) is 14.4. The van der Waals surface area contributed by atoms with Gasteiger partial charge in [0.25, 0.3) is 11.8 Å².